The number of thioether (sulfide) groups is 1. The molecule has 24 heavy (non-hydrogen) atoms. The Morgan fingerprint density at radius 3 is 2.75 bits per heavy atom. The van der Waals surface area contributed by atoms with Crippen molar-refractivity contribution >= 4 is 17.7 Å². The Morgan fingerprint density at radius 1 is 1.29 bits per heavy atom. The van der Waals surface area contributed by atoms with Crippen molar-refractivity contribution in [2.75, 3.05) is 12.4 Å². The van der Waals surface area contributed by atoms with Gasteiger partial charge >= 0.3 is 5.97 Å². The minimum absolute atomic E-state index is 0.0966. The molecule has 1 heterocycles. The number of hydrogen-bond acceptors (Lipinski definition) is 6. The highest BCUT2D eigenvalue weighted by atomic mass is 32.2. The molecule has 0 radical (unpaired) electrons. The van der Waals surface area contributed by atoms with Crippen molar-refractivity contribution in [3.63, 3.8) is 0 Å². The number of aryl methyl sites for hydroxylation is 1. The third kappa shape index (κ3) is 4.83. The van der Waals surface area contributed by atoms with Crippen LogP contribution in [0.3, 0.4) is 0 Å². The van der Waals surface area contributed by atoms with Crippen molar-refractivity contribution in [1.29, 1.82) is 0 Å². The fraction of sp³-hybridized carbons (Fsp3) is 0.412. The van der Waals surface area contributed by atoms with Gasteiger partial charge < -0.3 is 4.74 Å². The highest BCUT2D eigenvalue weighted by Crippen LogP contribution is 2.19. The van der Waals surface area contributed by atoms with Gasteiger partial charge in [-0.1, -0.05) is 41.8 Å². The number of carbonyl (C=O) groups excluding carboxylic acids is 1. The van der Waals surface area contributed by atoms with E-state index in [1.54, 1.807) is 4.68 Å². The first kappa shape index (κ1) is 18.0. The van der Waals surface area contributed by atoms with E-state index in [4.69, 9.17) is 4.74 Å². The molecular weight excluding hydrogens is 324 g/mol. The van der Waals surface area contributed by atoms with Gasteiger partial charge in [0.25, 0.3) is 0 Å². The summed E-state index contributed by atoms with van der Waals surface area (Å²) in [5.41, 5.74) is 1.52. The van der Waals surface area contributed by atoms with Crippen molar-refractivity contribution < 1.29 is 9.53 Å². The molecule has 0 fully saturated rings. The van der Waals surface area contributed by atoms with Crippen molar-refractivity contribution in [2.45, 2.75) is 32.9 Å². The summed E-state index contributed by atoms with van der Waals surface area (Å²) in [4.78, 5) is 11.6. The number of hydrogen-bond donors (Lipinski definition) is 0. The Hall–Kier alpha value is -2.33. The lowest BCUT2D eigenvalue weighted by Gasteiger charge is -2.14. The number of para-hydroxylation sites is 1. The van der Waals surface area contributed by atoms with Crippen LogP contribution in [0.1, 0.15) is 26.3 Å². The summed E-state index contributed by atoms with van der Waals surface area (Å²) >= 11 is 1.43. The molecule has 0 saturated carbocycles. The van der Waals surface area contributed by atoms with Crippen LogP contribution < -0.4 is 0 Å². The molecule has 0 atom stereocenters. The number of tetrazole rings is 1. The Bertz CT molecular complexity index is 769. The smallest absolute Gasteiger partial charge is 0.312 e. The van der Waals surface area contributed by atoms with Crippen LogP contribution in [0.5, 0.6) is 0 Å². The molecule has 7 heteroatoms. The van der Waals surface area contributed by atoms with E-state index in [0.29, 0.717) is 10.9 Å². The Kier molecular flexibility index (Phi) is 5.99. The number of esters is 1. The summed E-state index contributed by atoms with van der Waals surface area (Å²) in [5.74, 6) is 6.04. The minimum Gasteiger partial charge on any atom is -0.452 e. The standard InChI is InChI=1S/C17H20N4O2S/c1-13-9-5-6-10-14(13)21-16(18-19-20-21)24-12-8-7-11-23-15(22)17(2,3)4/h5-6,9-10H,11-12H2,1-4H3. The van der Waals surface area contributed by atoms with Crippen LogP contribution in [0.2, 0.25) is 0 Å². The van der Waals surface area contributed by atoms with E-state index in [1.165, 1.54) is 11.8 Å². The molecule has 0 unspecified atom stereocenters. The van der Waals surface area contributed by atoms with Gasteiger partial charge in [0.05, 0.1) is 16.9 Å². The van der Waals surface area contributed by atoms with Gasteiger partial charge in [0.1, 0.15) is 0 Å². The maximum Gasteiger partial charge on any atom is 0.312 e. The zero-order valence-corrected chi connectivity index (χ0v) is 15.1. The molecule has 0 spiro atoms. The fourth-order valence-corrected chi connectivity index (χ4v) is 2.40. The zero-order valence-electron chi connectivity index (χ0n) is 14.2. The van der Waals surface area contributed by atoms with Crippen LogP contribution in [0.25, 0.3) is 5.69 Å². The lowest BCUT2D eigenvalue weighted by atomic mass is 9.97. The average molecular weight is 344 g/mol. The second-order valence-electron chi connectivity index (χ2n) is 6.13. The zero-order chi connectivity index (χ0) is 17.6. The highest BCUT2D eigenvalue weighted by molar-refractivity contribution is 7.99. The Balaban J connectivity index is 1.89. The predicted molar refractivity (Wildman–Crippen MR) is 92.8 cm³/mol. The normalized spacial score (nSPS) is 10.8. The fourth-order valence-electron chi connectivity index (χ4n) is 1.74. The van der Waals surface area contributed by atoms with Crippen LogP contribution in [0.4, 0.5) is 0 Å². The molecule has 0 aliphatic carbocycles. The minimum atomic E-state index is -0.508. The Morgan fingerprint density at radius 2 is 2.04 bits per heavy atom. The molecule has 0 aliphatic heterocycles. The third-order valence-electron chi connectivity index (χ3n) is 3.07. The quantitative estimate of drug-likeness (QED) is 0.482. The molecule has 0 N–H and O–H groups in total. The van der Waals surface area contributed by atoms with Crippen LogP contribution in [0, 0.1) is 24.2 Å². The van der Waals surface area contributed by atoms with Gasteiger partial charge in [0.2, 0.25) is 5.16 Å². The maximum absolute atomic E-state index is 11.6. The number of aromatic nitrogens is 4. The molecule has 0 saturated heterocycles. The molecule has 0 bridgehead atoms. The van der Waals surface area contributed by atoms with Gasteiger partial charge in [0, 0.05) is 0 Å². The second kappa shape index (κ2) is 7.97. The van der Waals surface area contributed by atoms with E-state index in [2.05, 4.69) is 27.4 Å². The van der Waals surface area contributed by atoms with Gasteiger partial charge in [-0.05, 0) is 49.8 Å². The van der Waals surface area contributed by atoms with Gasteiger partial charge in [0.15, 0.2) is 6.61 Å². The summed E-state index contributed by atoms with van der Waals surface area (Å²) < 4.78 is 6.78. The van der Waals surface area contributed by atoms with Gasteiger partial charge in [-0.3, -0.25) is 4.79 Å². The summed E-state index contributed by atoms with van der Waals surface area (Å²) in [5, 5.41) is 12.5. The first-order chi connectivity index (χ1) is 11.4. The molecule has 126 valence electrons. The van der Waals surface area contributed by atoms with Crippen molar-refractivity contribution in [3.8, 4) is 17.5 Å². The second-order valence-corrected chi connectivity index (χ2v) is 7.07. The van der Waals surface area contributed by atoms with E-state index in [9.17, 15) is 4.79 Å². The van der Waals surface area contributed by atoms with Crippen molar-refractivity contribution in [1.82, 2.24) is 20.2 Å². The molecule has 1 aromatic carbocycles. The molecular formula is C17H20N4O2S. The molecule has 0 aliphatic rings. The lowest BCUT2D eigenvalue weighted by molar-refractivity contribution is -0.151. The van der Waals surface area contributed by atoms with Crippen molar-refractivity contribution in [2.24, 2.45) is 5.41 Å². The van der Waals surface area contributed by atoms with E-state index in [-0.39, 0.29) is 12.6 Å². The molecule has 1 aromatic heterocycles. The SMILES string of the molecule is Cc1ccccc1-n1nnnc1SCC#CCOC(=O)C(C)(C)C. The van der Waals surface area contributed by atoms with Gasteiger partial charge in [-0.15, -0.1) is 5.10 Å². The number of nitrogens with zero attached hydrogens (tertiary/aromatic N) is 4. The van der Waals surface area contributed by atoms with E-state index >= 15 is 0 Å². The maximum atomic E-state index is 11.6. The highest BCUT2D eigenvalue weighted by Gasteiger charge is 2.22. The van der Waals surface area contributed by atoms with Gasteiger partial charge in [-0.25, -0.2) is 0 Å². The summed E-state index contributed by atoms with van der Waals surface area (Å²) in [6.45, 7) is 7.53. The first-order valence-corrected chi connectivity index (χ1v) is 8.48. The summed E-state index contributed by atoms with van der Waals surface area (Å²) in [6.07, 6.45) is 0. The monoisotopic (exact) mass is 344 g/mol. The third-order valence-corrected chi connectivity index (χ3v) is 3.87. The van der Waals surface area contributed by atoms with Crippen LogP contribution in [-0.4, -0.2) is 38.5 Å². The van der Waals surface area contributed by atoms with E-state index in [1.807, 2.05) is 52.0 Å². The molecule has 6 nitrogen and oxygen atoms in total. The lowest BCUT2D eigenvalue weighted by Crippen LogP contribution is -2.22. The van der Waals surface area contributed by atoms with E-state index in [0.717, 1.165) is 11.3 Å². The number of benzene rings is 1. The van der Waals surface area contributed by atoms with Crippen LogP contribution in [-0.2, 0) is 9.53 Å². The largest absolute Gasteiger partial charge is 0.452 e. The Labute approximate surface area is 146 Å². The van der Waals surface area contributed by atoms with E-state index < -0.39 is 5.41 Å². The summed E-state index contributed by atoms with van der Waals surface area (Å²) in [7, 11) is 0. The predicted octanol–water partition coefficient (Wildman–Crippen LogP) is 2.66. The first-order valence-electron chi connectivity index (χ1n) is 7.50. The molecule has 0 amide bonds. The van der Waals surface area contributed by atoms with Crippen molar-refractivity contribution in [3.05, 3.63) is 29.8 Å². The molecule has 2 rings (SSSR count). The van der Waals surface area contributed by atoms with Crippen LogP contribution in [0.15, 0.2) is 29.4 Å². The summed E-state index contributed by atoms with van der Waals surface area (Å²) in [6, 6.07) is 7.89. The van der Waals surface area contributed by atoms with Crippen LogP contribution >= 0.6 is 11.8 Å². The van der Waals surface area contributed by atoms with Gasteiger partial charge in [-0.2, -0.15) is 4.68 Å². The topological polar surface area (TPSA) is 69.9 Å². The average Bonchev–Trinajstić information content (AvgIpc) is 2.98. The number of carbonyl (C=O) groups is 1. The number of ether oxygens (including phenoxy) is 1. The number of rotatable bonds is 4. The molecule has 2 aromatic rings.